The number of benzene rings is 1. The predicted octanol–water partition coefficient (Wildman–Crippen LogP) is 1.66. The van der Waals surface area contributed by atoms with Crippen molar-refractivity contribution in [1.29, 1.82) is 5.26 Å². The molecule has 0 radical (unpaired) electrons. The molecule has 1 saturated heterocycles. The minimum atomic E-state index is -0.673. The number of nitrogens with two attached hydrogens (primary N) is 2. The van der Waals surface area contributed by atoms with E-state index in [9.17, 15) is 9.59 Å². The Bertz CT molecular complexity index is 924. The summed E-state index contributed by atoms with van der Waals surface area (Å²) in [6.45, 7) is 7.72. The Kier molecular flexibility index (Phi) is 11.8. The van der Waals surface area contributed by atoms with Crippen molar-refractivity contribution < 1.29 is 14.4 Å². The van der Waals surface area contributed by atoms with Crippen molar-refractivity contribution >= 4 is 23.2 Å². The number of nitrogens with zero attached hydrogens (tertiary/aromatic N) is 2. The maximum absolute atomic E-state index is 12.8. The van der Waals surface area contributed by atoms with Gasteiger partial charge in [0.1, 0.15) is 11.8 Å². The van der Waals surface area contributed by atoms with Crippen molar-refractivity contribution in [2.24, 2.45) is 27.8 Å². The molecular weight excluding hydrogens is 458 g/mol. The zero-order valence-electron chi connectivity index (χ0n) is 21.7. The standard InChI is InChI=1S/C26H41N7O3/c1-4-19(16-27)24(29)31-12-5-6-14-36-33-20-9-7-18(8-10-20)15-21(22(34)17-28)32-25(35)23-26(2,3)11-13-30-23/h7-10,19,21,23,30,33H,4-6,11-15,17,28H2,1-3H3,(H2,29,31)(H,32,35). The van der Waals surface area contributed by atoms with Crippen LogP contribution in [0.5, 0.6) is 0 Å². The summed E-state index contributed by atoms with van der Waals surface area (Å²) in [4.78, 5) is 35.0. The Balaban J connectivity index is 1.78. The largest absolute Gasteiger partial charge is 0.386 e. The summed E-state index contributed by atoms with van der Waals surface area (Å²) in [5.41, 5.74) is 15.9. The molecule has 1 heterocycles. The molecule has 1 amide bonds. The van der Waals surface area contributed by atoms with Crippen molar-refractivity contribution in [2.75, 3.05) is 31.7 Å². The molecule has 10 nitrogen and oxygen atoms in total. The monoisotopic (exact) mass is 499 g/mol. The van der Waals surface area contributed by atoms with Gasteiger partial charge in [-0.2, -0.15) is 5.26 Å². The van der Waals surface area contributed by atoms with Crippen LogP contribution in [0, 0.1) is 22.7 Å². The van der Waals surface area contributed by atoms with E-state index in [2.05, 4.69) is 27.2 Å². The van der Waals surface area contributed by atoms with E-state index in [4.69, 9.17) is 21.6 Å². The normalized spacial score (nSPS) is 18.8. The molecule has 0 bridgehead atoms. The van der Waals surface area contributed by atoms with Crippen LogP contribution in [0.15, 0.2) is 29.3 Å². The van der Waals surface area contributed by atoms with Crippen molar-refractivity contribution in [2.45, 2.75) is 65.0 Å². The Morgan fingerprint density at radius 1 is 1.31 bits per heavy atom. The molecule has 1 fully saturated rings. The van der Waals surface area contributed by atoms with Gasteiger partial charge < -0.3 is 22.1 Å². The fraction of sp³-hybridized carbons (Fsp3) is 0.615. The lowest BCUT2D eigenvalue weighted by Crippen LogP contribution is -2.53. The van der Waals surface area contributed by atoms with Crippen LogP contribution in [0.25, 0.3) is 0 Å². The first kappa shape index (κ1) is 29.2. The van der Waals surface area contributed by atoms with Crippen LogP contribution < -0.4 is 27.6 Å². The van der Waals surface area contributed by atoms with Crippen LogP contribution in [-0.2, 0) is 20.8 Å². The van der Waals surface area contributed by atoms with Gasteiger partial charge in [-0.25, -0.2) is 0 Å². The number of amides is 1. The molecule has 3 atom stereocenters. The van der Waals surface area contributed by atoms with E-state index in [0.717, 1.165) is 37.1 Å². The molecule has 0 aliphatic carbocycles. The molecule has 1 aliphatic rings. The maximum Gasteiger partial charge on any atom is 0.238 e. The van der Waals surface area contributed by atoms with Gasteiger partial charge >= 0.3 is 0 Å². The van der Waals surface area contributed by atoms with Crippen LogP contribution in [0.1, 0.15) is 52.0 Å². The zero-order valence-corrected chi connectivity index (χ0v) is 21.7. The quantitative estimate of drug-likeness (QED) is 0.105. The number of hydrogen-bond acceptors (Lipinski definition) is 8. The van der Waals surface area contributed by atoms with Gasteiger partial charge in [0.15, 0.2) is 5.78 Å². The molecule has 1 aromatic rings. The molecular formula is C26H41N7O3. The summed E-state index contributed by atoms with van der Waals surface area (Å²) >= 11 is 0. The highest BCUT2D eigenvalue weighted by Crippen LogP contribution is 2.29. The third kappa shape index (κ3) is 8.90. The molecule has 2 rings (SSSR count). The summed E-state index contributed by atoms with van der Waals surface area (Å²) < 4.78 is 0. The van der Waals surface area contributed by atoms with Crippen molar-refractivity contribution in [3.8, 4) is 6.07 Å². The number of unbranched alkanes of at least 4 members (excludes halogenated alkanes) is 1. The Morgan fingerprint density at radius 2 is 2.03 bits per heavy atom. The molecule has 1 aromatic carbocycles. The highest BCUT2D eigenvalue weighted by atomic mass is 16.6. The third-order valence-electron chi connectivity index (χ3n) is 6.52. The van der Waals surface area contributed by atoms with Gasteiger partial charge in [0.2, 0.25) is 5.91 Å². The van der Waals surface area contributed by atoms with E-state index in [1.54, 1.807) is 0 Å². The van der Waals surface area contributed by atoms with E-state index < -0.39 is 6.04 Å². The van der Waals surface area contributed by atoms with Crippen LogP contribution in [0.2, 0.25) is 0 Å². The van der Waals surface area contributed by atoms with Gasteiger partial charge in [0.05, 0.1) is 37.0 Å². The zero-order chi connectivity index (χ0) is 26.6. The molecule has 36 heavy (non-hydrogen) atoms. The lowest BCUT2D eigenvalue weighted by atomic mass is 9.84. The van der Waals surface area contributed by atoms with Gasteiger partial charge in [-0.3, -0.25) is 24.9 Å². The van der Waals surface area contributed by atoms with E-state index in [0.29, 0.717) is 31.8 Å². The lowest BCUT2D eigenvalue weighted by molar-refractivity contribution is -0.129. The Labute approximate surface area is 214 Å². The van der Waals surface area contributed by atoms with Gasteiger partial charge in [0, 0.05) is 6.54 Å². The SMILES string of the molecule is CCC(C#N)C(N)=NCCCCONc1ccc(CC(NC(=O)C2NCCC2(C)C)C(=O)CN)cc1. The van der Waals surface area contributed by atoms with Gasteiger partial charge in [-0.15, -0.1) is 0 Å². The van der Waals surface area contributed by atoms with E-state index in [1.165, 1.54) is 0 Å². The fourth-order valence-electron chi connectivity index (χ4n) is 4.10. The van der Waals surface area contributed by atoms with E-state index in [-0.39, 0.29) is 35.6 Å². The molecule has 198 valence electrons. The molecule has 0 saturated carbocycles. The molecule has 0 aromatic heterocycles. The number of amidine groups is 1. The van der Waals surface area contributed by atoms with Gasteiger partial charge in [-0.05, 0) is 61.8 Å². The minimum absolute atomic E-state index is 0.130. The van der Waals surface area contributed by atoms with Gasteiger partial charge in [-0.1, -0.05) is 32.9 Å². The summed E-state index contributed by atoms with van der Waals surface area (Å²) in [7, 11) is 0. The minimum Gasteiger partial charge on any atom is -0.386 e. The van der Waals surface area contributed by atoms with E-state index >= 15 is 0 Å². The number of aliphatic imine (C=N–C) groups is 1. The number of carbonyl (C=O) groups is 2. The van der Waals surface area contributed by atoms with E-state index in [1.807, 2.05) is 45.0 Å². The first-order valence-corrected chi connectivity index (χ1v) is 12.6. The van der Waals surface area contributed by atoms with Crippen molar-refractivity contribution in [3.05, 3.63) is 29.8 Å². The highest BCUT2D eigenvalue weighted by molar-refractivity contribution is 5.92. The number of nitriles is 1. The number of Topliss-reactive ketones (excluding diaryl/α,β-unsaturated/α-hetero) is 1. The summed E-state index contributed by atoms with van der Waals surface area (Å²) in [6.07, 6.45) is 3.53. The molecule has 10 heteroatoms. The first-order valence-electron chi connectivity index (χ1n) is 12.6. The van der Waals surface area contributed by atoms with Crippen molar-refractivity contribution in [3.63, 3.8) is 0 Å². The second kappa shape index (κ2) is 14.5. The number of rotatable bonds is 15. The second-order valence-corrected chi connectivity index (χ2v) is 9.81. The van der Waals surface area contributed by atoms with Crippen LogP contribution in [0.3, 0.4) is 0 Å². The van der Waals surface area contributed by atoms with Crippen LogP contribution >= 0.6 is 0 Å². The van der Waals surface area contributed by atoms with Crippen LogP contribution in [0.4, 0.5) is 5.69 Å². The second-order valence-electron chi connectivity index (χ2n) is 9.81. The average Bonchev–Trinajstić information content (AvgIpc) is 3.23. The predicted molar refractivity (Wildman–Crippen MR) is 141 cm³/mol. The van der Waals surface area contributed by atoms with Crippen molar-refractivity contribution in [1.82, 2.24) is 10.6 Å². The highest BCUT2D eigenvalue weighted by Gasteiger charge is 2.40. The molecule has 3 unspecified atom stereocenters. The third-order valence-corrected chi connectivity index (χ3v) is 6.52. The van der Waals surface area contributed by atoms with Crippen LogP contribution in [-0.4, -0.2) is 55.9 Å². The summed E-state index contributed by atoms with van der Waals surface area (Å²) in [5, 5.41) is 15.1. The summed E-state index contributed by atoms with van der Waals surface area (Å²) in [5.74, 6) is -0.288. The lowest BCUT2D eigenvalue weighted by Gasteiger charge is -2.27. The van der Waals surface area contributed by atoms with Gasteiger partial charge in [0.25, 0.3) is 0 Å². The summed E-state index contributed by atoms with van der Waals surface area (Å²) in [6, 6.07) is 8.65. The molecule has 0 spiro atoms. The molecule has 1 aliphatic heterocycles. The first-order chi connectivity index (χ1) is 17.2. The fourth-order valence-corrected chi connectivity index (χ4v) is 4.10. The number of hydrogen-bond donors (Lipinski definition) is 5. The topological polar surface area (TPSA) is 168 Å². The smallest absolute Gasteiger partial charge is 0.238 e. The average molecular weight is 500 g/mol. The maximum atomic E-state index is 12.8. The Morgan fingerprint density at radius 3 is 2.61 bits per heavy atom. The number of carbonyl (C=O) groups excluding carboxylic acids is 2. The Hall–Kier alpha value is -3.00. The molecule has 7 N–H and O–H groups in total. The number of ketones is 1. The number of nitrogens with one attached hydrogen (secondary N) is 3. The number of anilines is 1.